The van der Waals surface area contributed by atoms with Crippen molar-refractivity contribution in [2.24, 2.45) is 52.3 Å². The molecule has 29 heavy (non-hydrogen) atoms. The summed E-state index contributed by atoms with van der Waals surface area (Å²) in [7, 11) is 0. The van der Waals surface area contributed by atoms with Crippen LogP contribution >= 0.6 is 0 Å². The van der Waals surface area contributed by atoms with E-state index in [2.05, 4.69) is 47.6 Å². The van der Waals surface area contributed by atoms with Crippen LogP contribution in [0.1, 0.15) is 106 Å². The summed E-state index contributed by atoms with van der Waals surface area (Å²) >= 11 is 0. The van der Waals surface area contributed by atoms with E-state index in [1.807, 2.05) is 0 Å². The van der Waals surface area contributed by atoms with Crippen molar-refractivity contribution in [1.82, 2.24) is 0 Å². The van der Waals surface area contributed by atoms with Crippen molar-refractivity contribution >= 4 is 0 Å². The first-order valence-electron chi connectivity index (χ1n) is 13.1. The number of rotatable bonds is 5. The molecule has 0 heterocycles. The SMILES string of the molecule is CC(C)CCCC(C)[C@H]1CCC2C3CC=C4[C@H](C)[C@@H](O)CC[C@]4(C)C3CC[C@@]21C. The summed E-state index contributed by atoms with van der Waals surface area (Å²) in [6.45, 7) is 14.9. The molecule has 166 valence electrons. The third-order valence-corrected chi connectivity index (χ3v) is 10.8. The van der Waals surface area contributed by atoms with E-state index in [9.17, 15) is 5.11 Å². The molecule has 0 radical (unpaired) electrons. The van der Waals surface area contributed by atoms with E-state index in [0.717, 1.165) is 41.9 Å². The van der Waals surface area contributed by atoms with Crippen molar-refractivity contribution in [3.05, 3.63) is 11.6 Å². The minimum atomic E-state index is -0.109. The number of allylic oxidation sites excluding steroid dienone is 1. The fourth-order valence-electron chi connectivity index (χ4n) is 9.08. The lowest BCUT2D eigenvalue weighted by atomic mass is 9.46. The summed E-state index contributed by atoms with van der Waals surface area (Å²) in [6, 6.07) is 0. The lowest BCUT2D eigenvalue weighted by Gasteiger charge is -2.59. The average Bonchev–Trinajstić information content (AvgIpc) is 3.02. The molecule has 0 aromatic heterocycles. The average molecular weight is 401 g/mol. The molecular weight excluding hydrogens is 352 g/mol. The molecule has 4 aliphatic carbocycles. The van der Waals surface area contributed by atoms with Gasteiger partial charge in [-0.25, -0.2) is 0 Å². The Balaban J connectivity index is 1.51. The minimum absolute atomic E-state index is 0.109. The maximum absolute atomic E-state index is 10.5. The smallest absolute Gasteiger partial charge is 0.0603 e. The Hall–Kier alpha value is -0.300. The molecule has 3 fully saturated rings. The Morgan fingerprint density at radius 1 is 1.00 bits per heavy atom. The molecule has 0 aromatic rings. The number of fused-ring (bicyclic) bond motifs is 5. The minimum Gasteiger partial charge on any atom is -0.393 e. The van der Waals surface area contributed by atoms with Gasteiger partial charge in [0.05, 0.1) is 6.10 Å². The van der Waals surface area contributed by atoms with Gasteiger partial charge in [0.1, 0.15) is 0 Å². The van der Waals surface area contributed by atoms with Gasteiger partial charge in [0.15, 0.2) is 0 Å². The van der Waals surface area contributed by atoms with Crippen LogP contribution in [0.2, 0.25) is 0 Å². The van der Waals surface area contributed by atoms with Crippen LogP contribution in [0.4, 0.5) is 0 Å². The standard InChI is InChI=1S/C28H48O/c1-18(2)8-7-9-19(3)22-12-13-24-21-10-11-23-20(4)26(29)15-17-28(23,6)25(21)14-16-27(22,24)5/h11,18-22,24-26,29H,7-10,12-17H2,1-6H3/t19?,20-,21?,22+,24?,25?,26-,27+,28-/m0/s1. The van der Waals surface area contributed by atoms with Crippen molar-refractivity contribution in [3.8, 4) is 0 Å². The predicted molar refractivity (Wildman–Crippen MR) is 124 cm³/mol. The Bertz CT molecular complexity index is 620. The summed E-state index contributed by atoms with van der Waals surface area (Å²) in [4.78, 5) is 0. The van der Waals surface area contributed by atoms with Crippen LogP contribution in [-0.2, 0) is 0 Å². The van der Waals surface area contributed by atoms with Gasteiger partial charge < -0.3 is 5.11 Å². The van der Waals surface area contributed by atoms with Crippen LogP contribution < -0.4 is 0 Å². The highest BCUT2D eigenvalue weighted by Crippen LogP contribution is 2.67. The normalized spacial score (nSPS) is 47.9. The van der Waals surface area contributed by atoms with Gasteiger partial charge in [0.25, 0.3) is 0 Å². The lowest BCUT2D eigenvalue weighted by Crippen LogP contribution is -2.52. The molecule has 9 atom stereocenters. The molecule has 0 aromatic carbocycles. The molecular formula is C28H48O. The van der Waals surface area contributed by atoms with Crippen LogP contribution in [0.15, 0.2) is 11.6 Å². The third-order valence-electron chi connectivity index (χ3n) is 10.8. The zero-order chi connectivity index (χ0) is 21.0. The second kappa shape index (κ2) is 7.99. The Morgan fingerprint density at radius 2 is 1.76 bits per heavy atom. The Morgan fingerprint density at radius 3 is 2.48 bits per heavy atom. The summed E-state index contributed by atoms with van der Waals surface area (Å²) in [5.41, 5.74) is 2.57. The van der Waals surface area contributed by atoms with Crippen LogP contribution in [-0.4, -0.2) is 11.2 Å². The topological polar surface area (TPSA) is 20.2 Å². The summed E-state index contributed by atoms with van der Waals surface area (Å²) in [5, 5.41) is 10.5. The van der Waals surface area contributed by atoms with Gasteiger partial charge in [-0.05, 0) is 91.3 Å². The second-order valence-electron chi connectivity index (χ2n) is 12.6. The molecule has 0 bridgehead atoms. The van der Waals surface area contributed by atoms with E-state index < -0.39 is 0 Å². The number of aliphatic hydroxyl groups is 1. The first-order chi connectivity index (χ1) is 13.7. The Kier molecular flexibility index (Phi) is 6.04. The predicted octanol–water partition coefficient (Wildman–Crippen LogP) is 7.63. The Labute approximate surface area is 181 Å². The van der Waals surface area contributed by atoms with E-state index in [0.29, 0.717) is 16.7 Å². The van der Waals surface area contributed by atoms with Gasteiger partial charge in [0, 0.05) is 5.92 Å². The molecule has 0 aliphatic heterocycles. The van der Waals surface area contributed by atoms with Crippen molar-refractivity contribution in [2.45, 2.75) is 112 Å². The highest BCUT2D eigenvalue weighted by molar-refractivity contribution is 5.27. The number of aliphatic hydroxyl groups excluding tert-OH is 1. The largest absolute Gasteiger partial charge is 0.393 e. The third kappa shape index (κ3) is 3.56. The molecule has 0 amide bonds. The highest BCUT2D eigenvalue weighted by Gasteiger charge is 2.59. The van der Waals surface area contributed by atoms with Gasteiger partial charge in [-0.15, -0.1) is 0 Å². The monoisotopic (exact) mass is 400 g/mol. The summed E-state index contributed by atoms with van der Waals surface area (Å²) in [6.07, 6.45) is 16.1. The van der Waals surface area contributed by atoms with E-state index in [4.69, 9.17) is 0 Å². The number of hydrogen-bond acceptors (Lipinski definition) is 1. The van der Waals surface area contributed by atoms with Gasteiger partial charge in [-0.2, -0.15) is 0 Å². The molecule has 1 heteroatoms. The zero-order valence-electron chi connectivity index (χ0n) is 20.2. The maximum atomic E-state index is 10.5. The van der Waals surface area contributed by atoms with Gasteiger partial charge in [0.2, 0.25) is 0 Å². The molecule has 4 rings (SSSR count). The van der Waals surface area contributed by atoms with E-state index in [1.165, 1.54) is 57.8 Å². The first kappa shape index (κ1) is 21.9. The van der Waals surface area contributed by atoms with E-state index in [-0.39, 0.29) is 6.10 Å². The zero-order valence-corrected chi connectivity index (χ0v) is 20.2. The van der Waals surface area contributed by atoms with Crippen molar-refractivity contribution in [1.29, 1.82) is 0 Å². The first-order valence-corrected chi connectivity index (χ1v) is 13.1. The van der Waals surface area contributed by atoms with Gasteiger partial charge in [-0.1, -0.05) is 72.5 Å². The van der Waals surface area contributed by atoms with Crippen LogP contribution in [0.25, 0.3) is 0 Å². The lowest BCUT2D eigenvalue weighted by molar-refractivity contribution is -0.0644. The fourth-order valence-corrected chi connectivity index (χ4v) is 9.08. The quantitative estimate of drug-likeness (QED) is 0.470. The number of hydrogen-bond donors (Lipinski definition) is 1. The molecule has 0 saturated heterocycles. The van der Waals surface area contributed by atoms with E-state index in [1.54, 1.807) is 5.57 Å². The molecule has 0 spiro atoms. The van der Waals surface area contributed by atoms with E-state index >= 15 is 0 Å². The fraction of sp³-hybridized carbons (Fsp3) is 0.929. The highest BCUT2D eigenvalue weighted by atomic mass is 16.3. The summed E-state index contributed by atoms with van der Waals surface area (Å²) in [5.74, 6) is 5.78. The van der Waals surface area contributed by atoms with Crippen molar-refractivity contribution < 1.29 is 5.11 Å². The van der Waals surface area contributed by atoms with Crippen molar-refractivity contribution in [2.75, 3.05) is 0 Å². The summed E-state index contributed by atoms with van der Waals surface area (Å²) < 4.78 is 0. The van der Waals surface area contributed by atoms with Crippen LogP contribution in [0.3, 0.4) is 0 Å². The molecule has 1 nitrogen and oxygen atoms in total. The van der Waals surface area contributed by atoms with Crippen LogP contribution in [0, 0.1) is 52.3 Å². The molecule has 4 unspecified atom stereocenters. The van der Waals surface area contributed by atoms with Gasteiger partial charge >= 0.3 is 0 Å². The van der Waals surface area contributed by atoms with Crippen LogP contribution in [0.5, 0.6) is 0 Å². The molecule has 4 aliphatic rings. The molecule has 1 N–H and O–H groups in total. The molecule has 3 saturated carbocycles. The van der Waals surface area contributed by atoms with Gasteiger partial charge in [-0.3, -0.25) is 0 Å². The second-order valence-corrected chi connectivity index (χ2v) is 12.6. The van der Waals surface area contributed by atoms with Crippen molar-refractivity contribution in [3.63, 3.8) is 0 Å². The maximum Gasteiger partial charge on any atom is 0.0603 e.